The number of nitrogens with zero attached hydrogens (tertiary/aromatic N) is 1. The molecule has 1 aliphatic heterocycles. The number of benzene rings is 1. The van der Waals surface area contributed by atoms with Crippen molar-refractivity contribution in [2.45, 2.75) is 37.6 Å². The van der Waals surface area contributed by atoms with E-state index in [1.165, 1.54) is 24.3 Å². The molecule has 0 bridgehead atoms. The fourth-order valence-corrected chi connectivity index (χ4v) is 4.58. The molecule has 1 aromatic carbocycles. The third-order valence-electron chi connectivity index (χ3n) is 4.48. The van der Waals surface area contributed by atoms with Crippen LogP contribution in [0.15, 0.2) is 29.2 Å². The molecule has 0 aromatic heterocycles. The molecule has 2 amide bonds. The van der Waals surface area contributed by atoms with Crippen LogP contribution in [0.3, 0.4) is 0 Å². The summed E-state index contributed by atoms with van der Waals surface area (Å²) in [4.78, 5) is 24.0. The Morgan fingerprint density at radius 1 is 1.32 bits per heavy atom. The molecule has 1 aliphatic rings. The molecular formula is C18H29ClN4O4S. The van der Waals surface area contributed by atoms with Crippen molar-refractivity contribution >= 4 is 34.2 Å². The number of nitrogens with one attached hydrogen (secondary N) is 2. The molecule has 158 valence electrons. The molecule has 1 unspecified atom stereocenters. The van der Waals surface area contributed by atoms with Gasteiger partial charge in [-0.25, -0.2) is 8.42 Å². The van der Waals surface area contributed by atoms with Crippen LogP contribution in [0.5, 0.6) is 0 Å². The topological polar surface area (TPSA) is 122 Å². The smallest absolute Gasteiger partial charge is 0.251 e. The number of nitrogens with two attached hydrogens (primary N) is 1. The van der Waals surface area contributed by atoms with E-state index in [0.29, 0.717) is 18.0 Å². The summed E-state index contributed by atoms with van der Waals surface area (Å²) in [5.41, 5.74) is 5.65. The van der Waals surface area contributed by atoms with E-state index in [9.17, 15) is 18.0 Å². The predicted molar refractivity (Wildman–Crippen MR) is 110 cm³/mol. The SMILES string of the molecule is CC(C)CC(C)(CN)NC(=O)c1ccc(S(=O)(=O)N2CCNC(=O)C2)cc1.Cl. The summed E-state index contributed by atoms with van der Waals surface area (Å²) in [6.07, 6.45) is 0.735. The zero-order valence-corrected chi connectivity index (χ0v) is 18.0. The summed E-state index contributed by atoms with van der Waals surface area (Å²) < 4.78 is 26.4. The number of amides is 2. The molecule has 0 saturated carbocycles. The van der Waals surface area contributed by atoms with Gasteiger partial charge in [-0.1, -0.05) is 13.8 Å². The van der Waals surface area contributed by atoms with Gasteiger partial charge in [0.25, 0.3) is 5.91 Å². The van der Waals surface area contributed by atoms with Crippen molar-refractivity contribution in [2.75, 3.05) is 26.2 Å². The second kappa shape index (κ2) is 9.69. The second-order valence-corrected chi connectivity index (χ2v) is 9.47. The first-order valence-electron chi connectivity index (χ1n) is 8.97. The van der Waals surface area contributed by atoms with Crippen LogP contribution in [0.4, 0.5) is 0 Å². The van der Waals surface area contributed by atoms with Crippen molar-refractivity contribution in [3.05, 3.63) is 29.8 Å². The van der Waals surface area contributed by atoms with Gasteiger partial charge in [-0.2, -0.15) is 4.31 Å². The Kier molecular flexibility index (Phi) is 8.43. The minimum atomic E-state index is -3.77. The molecule has 0 spiro atoms. The normalized spacial score (nSPS) is 17.4. The molecule has 0 aliphatic carbocycles. The lowest BCUT2D eigenvalue weighted by atomic mass is 9.90. The average molecular weight is 433 g/mol. The number of piperazine rings is 1. The molecule has 2 rings (SSSR count). The first-order valence-corrected chi connectivity index (χ1v) is 10.4. The van der Waals surface area contributed by atoms with Crippen LogP contribution in [0.1, 0.15) is 37.6 Å². The number of hydrogen-bond donors (Lipinski definition) is 3. The van der Waals surface area contributed by atoms with E-state index in [4.69, 9.17) is 5.73 Å². The van der Waals surface area contributed by atoms with Crippen molar-refractivity contribution in [3.63, 3.8) is 0 Å². The molecule has 1 heterocycles. The van der Waals surface area contributed by atoms with Crippen molar-refractivity contribution < 1.29 is 18.0 Å². The summed E-state index contributed by atoms with van der Waals surface area (Å²) >= 11 is 0. The van der Waals surface area contributed by atoms with Crippen LogP contribution in [0.2, 0.25) is 0 Å². The van der Waals surface area contributed by atoms with E-state index < -0.39 is 15.6 Å². The van der Waals surface area contributed by atoms with Crippen LogP contribution < -0.4 is 16.4 Å². The first kappa shape index (κ1) is 24.4. The number of halogens is 1. The number of rotatable bonds is 7. The van der Waals surface area contributed by atoms with Crippen molar-refractivity contribution in [1.29, 1.82) is 0 Å². The van der Waals surface area contributed by atoms with Gasteiger partial charge in [-0.05, 0) is 43.5 Å². The monoisotopic (exact) mass is 432 g/mol. The van der Waals surface area contributed by atoms with Gasteiger partial charge in [-0.3, -0.25) is 9.59 Å². The Labute approximate surface area is 172 Å². The van der Waals surface area contributed by atoms with Crippen molar-refractivity contribution in [1.82, 2.24) is 14.9 Å². The summed E-state index contributed by atoms with van der Waals surface area (Å²) in [6, 6.07) is 5.72. The predicted octanol–water partition coefficient (Wildman–Crippen LogP) is 0.722. The minimum Gasteiger partial charge on any atom is -0.354 e. The van der Waals surface area contributed by atoms with Crippen LogP contribution in [-0.2, 0) is 14.8 Å². The lowest BCUT2D eigenvalue weighted by Crippen LogP contribution is -2.52. The summed E-state index contributed by atoms with van der Waals surface area (Å²) in [6.45, 7) is 6.62. The third-order valence-corrected chi connectivity index (χ3v) is 6.34. The largest absolute Gasteiger partial charge is 0.354 e. The van der Waals surface area contributed by atoms with Gasteiger partial charge in [-0.15, -0.1) is 12.4 Å². The average Bonchev–Trinajstić information content (AvgIpc) is 2.61. The van der Waals surface area contributed by atoms with E-state index in [2.05, 4.69) is 24.5 Å². The van der Waals surface area contributed by atoms with Crippen LogP contribution in [0, 0.1) is 5.92 Å². The highest BCUT2D eigenvalue weighted by atomic mass is 35.5. The zero-order valence-electron chi connectivity index (χ0n) is 16.4. The van der Waals surface area contributed by atoms with Gasteiger partial charge >= 0.3 is 0 Å². The molecule has 28 heavy (non-hydrogen) atoms. The molecule has 1 fully saturated rings. The summed E-state index contributed by atoms with van der Waals surface area (Å²) in [5.74, 6) is -0.259. The number of carbonyl (C=O) groups is 2. The van der Waals surface area contributed by atoms with E-state index >= 15 is 0 Å². The summed E-state index contributed by atoms with van der Waals surface area (Å²) in [5, 5.41) is 5.53. The highest BCUT2D eigenvalue weighted by Gasteiger charge is 2.30. The Bertz CT molecular complexity index is 798. The first-order chi connectivity index (χ1) is 12.6. The van der Waals surface area contributed by atoms with Crippen LogP contribution >= 0.6 is 12.4 Å². The zero-order chi connectivity index (χ0) is 20.2. The fraction of sp³-hybridized carbons (Fsp3) is 0.556. The standard InChI is InChI=1S/C18H28N4O4S.ClH/c1-13(2)10-18(3,12-19)21-17(24)14-4-6-15(7-5-14)27(25,26)22-9-8-20-16(23)11-22;/h4-7,13H,8-12,19H2,1-3H3,(H,20,23)(H,21,24);1H. The lowest BCUT2D eigenvalue weighted by Gasteiger charge is -2.31. The Morgan fingerprint density at radius 3 is 2.43 bits per heavy atom. The van der Waals surface area contributed by atoms with E-state index in [1.54, 1.807) is 0 Å². The fourth-order valence-electron chi connectivity index (χ4n) is 3.18. The number of hydrogen-bond acceptors (Lipinski definition) is 5. The van der Waals surface area contributed by atoms with Crippen LogP contribution in [0.25, 0.3) is 0 Å². The van der Waals surface area contributed by atoms with Gasteiger partial charge in [0.05, 0.1) is 11.4 Å². The Hall–Kier alpha value is -1.68. The number of sulfonamides is 1. The molecule has 1 aromatic rings. The molecule has 10 heteroatoms. The lowest BCUT2D eigenvalue weighted by molar-refractivity contribution is -0.122. The molecule has 4 N–H and O–H groups in total. The minimum absolute atomic E-state index is 0. The molecular weight excluding hydrogens is 404 g/mol. The Morgan fingerprint density at radius 2 is 1.93 bits per heavy atom. The number of carbonyl (C=O) groups excluding carboxylic acids is 2. The molecule has 0 radical (unpaired) electrons. The highest BCUT2D eigenvalue weighted by molar-refractivity contribution is 7.89. The molecule has 1 saturated heterocycles. The maximum atomic E-state index is 12.6. The maximum Gasteiger partial charge on any atom is 0.251 e. The maximum absolute atomic E-state index is 12.6. The summed E-state index contributed by atoms with van der Waals surface area (Å²) in [7, 11) is -3.77. The van der Waals surface area contributed by atoms with Gasteiger partial charge in [0.1, 0.15) is 0 Å². The Balaban J connectivity index is 0.00000392. The van der Waals surface area contributed by atoms with E-state index in [-0.39, 0.29) is 48.8 Å². The molecule has 1 atom stereocenters. The van der Waals surface area contributed by atoms with E-state index in [1.807, 2.05) is 6.92 Å². The van der Waals surface area contributed by atoms with Crippen molar-refractivity contribution in [3.8, 4) is 0 Å². The highest BCUT2D eigenvalue weighted by Crippen LogP contribution is 2.19. The second-order valence-electron chi connectivity index (χ2n) is 7.53. The van der Waals surface area contributed by atoms with Crippen molar-refractivity contribution in [2.24, 2.45) is 11.7 Å². The van der Waals surface area contributed by atoms with E-state index in [0.717, 1.165) is 10.7 Å². The van der Waals surface area contributed by atoms with Crippen LogP contribution in [-0.4, -0.2) is 56.3 Å². The quantitative estimate of drug-likeness (QED) is 0.586. The third kappa shape index (κ3) is 5.91. The van der Waals surface area contributed by atoms with Gasteiger partial charge in [0, 0.05) is 30.7 Å². The molecule has 8 nitrogen and oxygen atoms in total. The van der Waals surface area contributed by atoms with Gasteiger partial charge in [0.2, 0.25) is 15.9 Å². The van der Waals surface area contributed by atoms with Gasteiger partial charge < -0.3 is 16.4 Å². The van der Waals surface area contributed by atoms with Gasteiger partial charge in [0.15, 0.2) is 0 Å².